The van der Waals surface area contributed by atoms with Gasteiger partial charge in [0.05, 0.1) is 0 Å². The number of thiocarbonyl (C=S) groups is 1. The van der Waals surface area contributed by atoms with Crippen LogP contribution in [0.15, 0.2) is 21.8 Å². The van der Waals surface area contributed by atoms with Crippen LogP contribution in [0.1, 0.15) is 12.6 Å². The molecule has 0 bridgehead atoms. The molecule has 1 aromatic rings. The number of carbonyl (C=O) groups excluding carboxylic acids is 4. The van der Waals surface area contributed by atoms with Crippen molar-refractivity contribution in [3.63, 3.8) is 0 Å². The van der Waals surface area contributed by atoms with Gasteiger partial charge in [-0.05, 0) is 16.5 Å². The fourth-order valence-electron chi connectivity index (χ4n) is 3.28. The van der Waals surface area contributed by atoms with Gasteiger partial charge in [0, 0.05) is 23.4 Å². The molecule has 3 rings (SSSR count). The standard InChI is InChI=1S/C17H19N7O6S3.Na/c1-5(2-20-13(27)11(18)25)6-3-32-15-9(14(28)24(15)10(6)16(29)31)22-12(26)8(23-30)7-4-33-17(19)21-7;/h4-5,9,15,30H,2-3H2,1H3,(H2,18,25)(H2,19,21)(H,20,27)(H,22,26)(H,29,31);/q;+1/p-1/b23-8-;/t5?,9?,15-;/m1./s1. The van der Waals surface area contributed by atoms with Gasteiger partial charge in [0.1, 0.15) is 17.1 Å². The summed E-state index contributed by atoms with van der Waals surface area (Å²) >= 11 is 7.15. The van der Waals surface area contributed by atoms with E-state index in [4.69, 9.17) is 23.7 Å². The van der Waals surface area contributed by atoms with Crippen LogP contribution in [0.3, 0.4) is 0 Å². The predicted molar refractivity (Wildman–Crippen MR) is 121 cm³/mol. The summed E-state index contributed by atoms with van der Waals surface area (Å²) in [5.41, 5.74) is 10.6. The van der Waals surface area contributed by atoms with Gasteiger partial charge in [-0.25, -0.2) is 4.98 Å². The van der Waals surface area contributed by atoms with Gasteiger partial charge in [0.25, 0.3) is 11.8 Å². The van der Waals surface area contributed by atoms with Crippen LogP contribution in [0.4, 0.5) is 5.13 Å². The first kappa shape index (κ1) is 28.0. The number of carbonyl (C=O) groups is 4. The van der Waals surface area contributed by atoms with Crippen molar-refractivity contribution < 1.29 is 59.0 Å². The first-order chi connectivity index (χ1) is 15.6. The Morgan fingerprint density at radius 3 is 2.65 bits per heavy atom. The third-order valence-corrected chi connectivity index (χ3v) is 7.11. The predicted octanol–water partition coefficient (Wildman–Crippen LogP) is -5.51. The number of oxime groups is 1. The van der Waals surface area contributed by atoms with Crippen molar-refractivity contribution in [2.75, 3.05) is 18.0 Å². The Balaban J connectivity index is 0.00000408. The van der Waals surface area contributed by atoms with E-state index < -0.39 is 51.7 Å². The number of amides is 4. The van der Waals surface area contributed by atoms with Gasteiger partial charge in [0.2, 0.25) is 0 Å². The maximum absolute atomic E-state index is 12.8. The summed E-state index contributed by atoms with van der Waals surface area (Å²) in [5.74, 6) is -3.67. The van der Waals surface area contributed by atoms with Crippen molar-refractivity contribution in [1.29, 1.82) is 0 Å². The number of hydrogen-bond acceptors (Lipinski definition) is 12. The fourth-order valence-corrected chi connectivity index (χ4v) is 5.57. The fraction of sp³-hybridized carbons (Fsp3) is 0.353. The largest absolute Gasteiger partial charge is 1.00 e. The zero-order valence-electron chi connectivity index (χ0n) is 17.9. The average molecular weight is 536 g/mol. The average Bonchev–Trinajstić information content (AvgIpc) is 3.20. The number of aromatic nitrogens is 1. The second-order valence-corrected chi connectivity index (χ2v) is 9.38. The van der Waals surface area contributed by atoms with Gasteiger partial charge >= 0.3 is 41.4 Å². The van der Waals surface area contributed by atoms with Crippen LogP contribution in [0.25, 0.3) is 0 Å². The van der Waals surface area contributed by atoms with Crippen molar-refractivity contribution in [1.82, 2.24) is 20.5 Å². The number of nitrogen functional groups attached to an aromatic ring is 1. The number of primary amides is 1. The number of β-lactam (4-membered cyclic amide) rings is 1. The summed E-state index contributed by atoms with van der Waals surface area (Å²) in [7, 11) is 0. The Bertz CT molecular complexity index is 1110. The van der Waals surface area contributed by atoms with Crippen molar-refractivity contribution in [3.05, 3.63) is 22.3 Å². The molecule has 3 heterocycles. The summed E-state index contributed by atoms with van der Waals surface area (Å²) in [5, 5.41) is 29.4. The molecule has 176 valence electrons. The number of hydrogen-bond donors (Lipinski definition) is 5. The second kappa shape index (κ2) is 11.5. The molecule has 0 aliphatic carbocycles. The molecule has 7 N–H and O–H groups in total. The smallest absolute Gasteiger partial charge is 0.863 e. The number of nitrogens with two attached hydrogens (primary N) is 2. The van der Waals surface area contributed by atoms with Crippen molar-refractivity contribution in [2.24, 2.45) is 16.8 Å². The molecule has 2 aliphatic rings. The van der Waals surface area contributed by atoms with Crippen LogP contribution in [-0.2, 0) is 19.2 Å². The summed E-state index contributed by atoms with van der Waals surface area (Å²) in [4.78, 5) is 52.8. The molecule has 13 nitrogen and oxygen atoms in total. The number of anilines is 1. The summed E-state index contributed by atoms with van der Waals surface area (Å²) < 4.78 is 0. The summed E-state index contributed by atoms with van der Waals surface area (Å²) in [6, 6.07) is -0.994. The zero-order chi connectivity index (χ0) is 24.4. The van der Waals surface area contributed by atoms with Crippen molar-refractivity contribution in [3.8, 4) is 0 Å². The SMILES string of the molecule is CC(CNC(=O)C(N)=O)C1=C(C([O-])=S)N2C(=O)C(NC(=O)/C(=N\O)c3csc(N)n3)[C@H]2SC1.[Na+]. The molecule has 1 saturated heterocycles. The minimum atomic E-state index is -1.14. The normalized spacial score (nSPS) is 20.4. The second-order valence-electron chi connectivity index (χ2n) is 7.02. The van der Waals surface area contributed by atoms with Crippen LogP contribution >= 0.6 is 35.3 Å². The molecule has 34 heavy (non-hydrogen) atoms. The van der Waals surface area contributed by atoms with Gasteiger partial charge in [0.15, 0.2) is 10.8 Å². The number of thiazole rings is 1. The third kappa shape index (κ3) is 5.52. The molecule has 0 spiro atoms. The zero-order valence-corrected chi connectivity index (χ0v) is 22.4. The van der Waals surface area contributed by atoms with Gasteiger partial charge < -0.3 is 32.4 Å². The van der Waals surface area contributed by atoms with E-state index in [1.165, 1.54) is 22.0 Å². The van der Waals surface area contributed by atoms with E-state index in [1.807, 2.05) is 0 Å². The molecule has 17 heteroatoms. The van der Waals surface area contributed by atoms with Gasteiger partial charge in [-0.15, -0.1) is 23.1 Å². The summed E-state index contributed by atoms with van der Waals surface area (Å²) in [6.45, 7) is 1.70. The first-order valence-electron chi connectivity index (χ1n) is 9.27. The Hall–Kier alpha value is -2.24. The van der Waals surface area contributed by atoms with Gasteiger partial charge in [-0.2, -0.15) is 0 Å². The molecule has 3 atom stereocenters. The van der Waals surface area contributed by atoms with E-state index >= 15 is 0 Å². The number of fused-ring (bicyclic) bond motifs is 1. The minimum Gasteiger partial charge on any atom is -0.863 e. The molecule has 0 saturated carbocycles. The Morgan fingerprint density at radius 2 is 2.12 bits per heavy atom. The Morgan fingerprint density at radius 1 is 1.44 bits per heavy atom. The Kier molecular flexibility index (Phi) is 9.44. The molecular formula is C17H18N7NaO6S3. The number of nitrogens with zero attached hydrogens (tertiary/aromatic N) is 3. The number of nitrogens with one attached hydrogen (secondary N) is 2. The van der Waals surface area contributed by atoms with E-state index in [0.717, 1.165) is 11.3 Å². The molecule has 2 unspecified atom stereocenters. The first-order valence-corrected chi connectivity index (χ1v) is 11.6. The van der Waals surface area contributed by atoms with E-state index in [0.29, 0.717) is 5.57 Å². The van der Waals surface area contributed by atoms with Crippen LogP contribution in [0.5, 0.6) is 0 Å². The van der Waals surface area contributed by atoms with E-state index in [2.05, 4.69) is 20.8 Å². The van der Waals surface area contributed by atoms with E-state index in [-0.39, 0.29) is 58.4 Å². The molecular weight excluding hydrogens is 517 g/mol. The van der Waals surface area contributed by atoms with Crippen molar-refractivity contribution >= 4 is 74.8 Å². The molecule has 2 aliphatic heterocycles. The van der Waals surface area contributed by atoms with Gasteiger partial charge in [-0.3, -0.25) is 24.1 Å². The van der Waals surface area contributed by atoms with Crippen LogP contribution in [-0.4, -0.2) is 73.2 Å². The summed E-state index contributed by atoms with van der Waals surface area (Å²) in [6.07, 6.45) is 0. The van der Waals surface area contributed by atoms with Crippen LogP contribution < -0.4 is 56.8 Å². The Labute approximate surface area is 228 Å². The molecule has 1 fully saturated rings. The topological polar surface area (TPSA) is 216 Å². The maximum atomic E-state index is 12.8. The maximum Gasteiger partial charge on any atom is 1.00 e. The monoisotopic (exact) mass is 535 g/mol. The molecule has 0 radical (unpaired) electrons. The molecule has 1 aromatic heterocycles. The van der Waals surface area contributed by atoms with E-state index in [1.54, 1.807) is 6.92 Å². The molecule has 0 aromatic carbocycles. The van der Waals surface area contributed by atoms with E-state index in [9.17, 15) is 29.5 Å². The van der Waals surface area contributed by atoms with Crippen LogP contribution in [0, 0.1) is 5.92 Å². The van der Waals surface area contributed by atoms with Crippen molar-refractivity contribution in [2.45, 2.75) is 18.3 Å². The van der Waals surface area contributed by atoms with Gasteiger partial charge in [-0.1, -0.05) is 24.3 Å². The quantitative estimate of drug-likeness (QED) is 0.0424. The number of thioether (sulfide) groups is 1. The number of rotatable bonds is 7. The van der Waals surface area contributed by atoms with Crippen LogP contribution in [0.2, 0.25) is 0 Å². The minimum absolute atomic E-state index is 0. The third-order valence-electron chi connectivity index (χ3n) is 4.94. The molecule has 4 amide bonds.